The van der Waals surface area contributed by atoms with Gasteiger partial charge in [-0.05, 0) is 70.7 Å². The third-order valence-electron chi connectivity index (χ3n) is 4.08. The van der Waals surface area contributed by atoms with Gasteiger partial charge in [-0.3, -0.25) is 0 Å². The van der Waals surface area contributed by atoms with Crippen molar-refractivity contribution in [1.82, 2.24) is 10.2 Å². The van der Waals surface area contributed by atoms with Crippen molar-refractivity contribution in [1.29, 1.82) is 0 Å². The lowest BCUT2D eigenvalue weighted by atomic mass is 10.1. The van der Waals surface area contributed by atoms with Crippen molar-refractivity contribution < 1.29 is 8.42 Å². The predicted molar refractivity (Wildman–Crippen MR) is 74.5 cm³/mol. The zero-order valence-electron chi connectivity index (χ0n) is 11.2. The second-order valence-corrected chi connectivity index (χ2v) is 7.94. The van der Waals surface area contributed by atoms with Crippen LogP contribution in [-0.2, 0) is 9.84 Å². The first-order valence-electron chi connectivity index (χ1n) is 7.29. The molecule has 18 heavy (non-hydrogen) atoms. The van der Waals surface area contributed by atoms with Gasteiger partial charge in [-0.15, -0.1) is 0 Å². The molecule has 1 unspecified atom stereocenters. The number of likely N-dealkylation sites (tertiary alicyclic amines) is 1. The summed E-state index contributed by atoms with van der Waals surface area (Å²) in [6.07, 6.45) is 5.83. The van der Waals surface area contributed by atoms with Crippen LogP contribution in [0.4, 0.5) is 0 Å². The van der Waals surface area contributed by atoms with Crippen LogP contribution in [0, 0.1) is 5.92 Å². The number of sulfone groups is 1. The lowest BCUT2D eigenvalue weighted by molar-refractivity contribution is 0.330. The summed E-state index contributed by atoms with van der Waals surface area (Å²) in [5.41, 5.74) is 0. The largest absolute Gasteiger partial charge is 0.317 e. The summed E-state index contributed by atoms with van der Waals surface area (Å²) in [5.74, 6) is 1.23. The van der Waals surface area contributed by atoms with E-state index in [0.29, 0.717) is 17.4 Å². The molecule has 2 saturated heterocycles. The van der Waals surface area contributed by atoms with Gasteiger partial charge >= 0.3 is 0 Å². The summed E-state index contributed by atoms with van der Waals surface area (Å²) < 4.78 is 22.6. The number of hydrogen-bond acceptors (Lipinski definition) is 4. The molecule has 2 fully saturated rings. The van der Waals surface area contributed by atoms with E-state index in [1.807, 2.05) is 0 Å². The molecule has 2 rings (SSSR count). The van der Waals surface area contributed by atoms with E-state index in [-0.39, 0.29) is 0 Å². The molecule has 106 valence electrons. The van der Waals surface area contributed by atoms with Gasteiger partial charge in [0.25, 0.3) is 0 Å². The molecule has 0 bridgehead atoms. The second-order valence-electron chi connectivity index (χ2n) is 5.71. The molecule has 2 aliphatic heterocycles. The fraction of sp³-hybridized carbons (Fsp3) is 1.00. The number of nitrogens with zero attached hydrogens (tertiary/aromatic N) is 1. The Balaban J connectivity index is 1.44. The van der Waals surface area contributed by atoms with Crippen LogP contribution in [0.5, 0.6) is 0 Å². The Morgan fingerprint density at radius 2 is 1.94 bits per heavy atom. The molecule has 2 aliphatic rings. The van der Waals surface area contributed by atoms with Gasteiger partial charge in [-0.2, -0.15) is 0 Å². The van der Waals surface area contributed by atoms with E-state index in [1.165, 1.54) is 38.9 Å². The Morgan fingerprint density at radius 1 is 1.17 bits per heavy atom. The highest BCUT2D eigenvalue weighted by Crippen LogP contribution is 2.20. The van der Waals surface area contributed by atoms with Gasteiger partial charge in [-0.25, -0.2) is 8.42 Å². The zero-order chi connectivity index (χ0) is 12.8. The summed E-state index contributed by atoms with van der Waals surface area (Å²) in [6.45, 7) is 5.81. The molecule has 4 nitrogen and oxygen atoms in total. The lowest BCUT2D eigenvalue weighted by Gasteiger charge is -2.14. The maximum Gasteiger partial charge on any atom is 0.150 e. The van der Waals surface area contributed by atoms with Crippen molar-refractivity contribution in [2.75, 3.05) is 44.2 Å². The van der Waals surface area contributed by atoms with Crippen LogP contribution in [0.1, 0.15) is 32.1 Å². The maximum absolute atomic E-state index is 11.3. The summed E-state index contributed by atoms with van der Waals surface area (Å²) in [7, 11) is -2.69. The summed E-state index contributed by atoms with van der Waals surface area (Å²) in [4.78, 5) is 2.53. The molecule has 0 aromatic heterocycles. The van der Waals surface area contributed by atoms with Gasteiger partial charge in [0.15, 0.2) is 9.84 Å². The van der Waals surface area contributed by atoms with Gasteiger partial charge < -0.3 is 10.2 Å². The van der Waals surface area contributed by atoms with Crippen LogP contribution in [0.25, 0.3) is 0 Å². The Labute approximate surface area is 111 Å². The molecular formula is C13H26N2O2S. The number of nitrogens with one attached hydrogen (secondary N) is 1. The zero-order valence-corrected chi connectivity index (χ0v) is 12.1. The molecule has 0 radical (unpaired) electrons. The van der Waals surface area contributed by atoms with E-state index in [9.17, 15) is 8.42 Å². The van der Waals surface area contributed by atoms with Crippen molar-refractivity contribution in [2.45, 2.75) is 32.1 Å². The molecular weight excluding hydrogens is 248 g/mol. The maximum atomic E-state index is 11.3. The van der Waals surface area contributed by atoms with Gasteiger partial charge in [0.1, 0.15) is 0 Å². The molecule has 0 aromatic rings. The second kappa shape index (κ2) is 6.87. The van der Waals surface area contributed by atoms with E-state index in [2.05, 4.69) is 10.2 Å². The summed E-state index contributed by atoms with van der Waals surface area (Å²) >= 11 is 0. The average Bonchev–Trinajstić information content (AvgIpc) is 2.93. The van der Waals surface area contributed by atoms with Gasteiger partial charge in [0.05, 0.1) is 11.5 Å². The predicted octanol–water partition coefficient (Wildman–Crippen LogP) is 0.887. The van der Waals surface area contributed by atoms with Crippen molar-refractivity contribution >= 4 is 9.84 Å². The quantitative estimate of drug-likeness (QED) is 0.700. The number of rotatable bonds is 7. The molecule has 2 heterocycles. The smallest absolute Gasteiger partial charge is 0.150 e. The molecule has 0 aliphatic carbocycles. The van der Waals surface area contributed by atoms with Crippen molar-refractivity contribution in [3.05, 3.63) is 0 Å². The SMILES string of the molecule is O=S1(=O)CCC(CCNCCCN2CCCC2)C1. The lowest BCUT2D eigenvalue weighted by Crippen LogP contribution is -2.26. The normalized spacial score (nSPS) is 27.9. The minimum Gasteiger partial charge on any atom is -0.317 e. The summed E-state index contributed by atoms with van der Waals surface area (Å²) in [5, 5.41) is 3.44. The Kier molecular flexibility index (Phi) is 5.45. The van der Waals surface area contributed by atoms with Crippen LogP contribution in [0.3, 0.4) is 0 Å². The molecule has 0 amide bonds. The van der Waals surface area contributed by atoms with E-state index < -0.39 is 9.84 Å². The van der Waals surface area contributed by atoms with Gasteiger partial charge in [-0.1, -0.05) is 0 Å². The average molecular weight is 274 g/mol. The van der Waals surface area contributed by atoms with Crippen molar-refractivity contribution in [3.8, 4) is 0 Å². The first-order valence-corrected chi connectivity index (χ1v) is 9.11. The molecule has 0 saturated carbocycles. The van der Waals surface area contributed by atoms with E-state index in [1.54, 1.807) is 0 Å². The molecule has 5 heteroatoms. The highest BCUT2D eigenvalue weighted by atomic mass is 32.2. The fourth-order valence-corrected chi connectivity index (χ4v) is 4.88. The Hall–Kier alpha value is -0.130. The van der Waals surface area contributed by atoms with Crippen LogP contribution in [-0.4, -0.2) is 57.5 Å². The van der Waals surface area contributed by atoms with Crippen LogP contribution in [0.15, 0.2) is 0 Å². The molecule has 0 spiro atoms. The first-order chi connectivity index (χ1) is 8.66. The summed E-state index contributed by atoms with van der Waals surface area (Å²) in [6, 6.07) is 0. The third kappa shape index (κ3) is 4.86. The van der Waals surface area contributed by atoms with Gasteiger partial charge in [0, 0.05) is 0 Å². The monoisotopic (exact) mass is 274 g/mol. The minimum absolute atomic E-state index is 0.404. The number of hydrogen-bond donors (Lipinski definition) is 1. The topological polar surface area (TPSA) is 49.4 Å². The molecule has 1 atom stereocenters. The van der Waals surface area contributed by atoms with E-state index in [4.69, 9.17) is 0 Å². The minimum atomic E-state index is -2.69. The van der Waals surface area contributed by atoms with E-state index in [0.717, 1.165) is 25.9 Å². The van der Waals surface area contributed by atoms with E-state index >= 15 is 0 Å². The van der Waals surface area contributed by atoms with Crippen molar-refractivity contribution in [3.63, 3.8) is 0 Å². The molecule has 0 aromatic carbocycles. The standard InChI is InChI=1S/C13H26N2O2S/c16-18(17)11-5-13(12-18)4-7-14-6-3-10-15-8-1-2-9-15/h13-14H,1-12H2. The third-order valence-corrected chi connectivity index (χ3v) is 5.92. The first kappa shape index (κ1) is 14.3. The van der Waals surface area contributed by atoms with Crippen LogP contribution < -0.4 is 5.32 Å². The fourth-order valence-electron chi connectivity index (χ4n) is 2.96. The van der Waals surface area contributed by atoms with Gasteiger partial charge in [0.2, 0.25) is 0 Å². The highest BCUT2D eigenvalue weighted by molar-refractivity contribution is 7.91. The Bertz CT molecular complexity index is 337. The molecule has 1 N–H and O–H groups in total. The van der Waals surface area contributed by atoms with Crippen LogP contribution in [0.2, 0.25) is 0 Å². The van der Waals surface area contributed by atoms with Crippen molar-refractivity contribution in [2.24, 2.45) is 5.92 Å². The van der Waals surface area contributed by atoms with Crippen LogP contribution >= 0.6 is 0 Å². The highest BCUT2D eigenvalue weighted by Gasteiger charge is 2.27. The Morgan fingerprint density at radius 3 is 2.61 bits per heavy atom.